The van der Waals surface area contributed by atoms with Gasteiger partial charge in [-0.2, -0.15) is 0 Å². The van der Waals surface area contributed by atoms with Crippen molar-refractivity contribution >= 4 is 5.91 Å². The summed E-state index contributed by atoms with van der Waals surface area (Å²) < 4.78 is 7.77. The maximum atomic E-state index is 12.4. The van der Waals surface area contributed by atoms with Gasteiger partial charge in [-0.15, -0.1) is 0 Å². The molecule has 0 aliphatic carbocycles. The standard InChI is InChI=1S/C19H25N3O2/c1-14(2)15-5-7-16(8-6-15)24-13-10-21-19(23)17-4-3-11-22-12-9-20-18(17)22/h5-9,12,14,17H,3-4,10-11,13H2,1-2H3,(H,21,23). The van der Waals surface area contributed by atoms with E-state index in [2.05, 4.69) is 40.8 Å². The van der Waals surface area contributed by atoms with Gasteiger partial charge in [-0.05, 0) is 36.5 Å². The van der Waals surface area contributed by atoms with Gasteiger partial charge >= 0.3 is 0 Å². The molecule has 5 nitrogen and oxygen atoms in total. The zero-order chi connectivity index (χ0) is 16.9. The Bertz CT molecular complexity index is 676. The Morgan fingerprint density at radius 2 is 2.17 bits per heavy atom. The summed E-state index contributed by atoms with van der Waals surface area (Å²) in [6.45, 7) is 6.26. The normalized spacial score (nSPS) is 16.7. The lowest BCUT2D eigenvalue weighted by molar-refractivity contribution is -0.123. The summed E-state index contributed by atoms with van der Waals surface area (Å²) in [4.78, 5) is 16.7. The van der Waals surface area contributed by atoms with E-state index in [9.17, 15) is 4.79 Å². The molecule has 0 saturated carbocycles. The Morgan fingerprint density at radius 3 is 2.92 bits per heavy atom. The first-order chi connectivity index (χ1) is 11.6. The number of benzene rings is 1. The first-order valence-corrected chi connectivity index (χ1v) is 8.66. The van der Waals surface area contributed by atoms with E-state index in [1.54, 1.807) is 6.20 Å². The number of imidazole rings is 1. The Labute approximate surface area is 143 Å². The summed E-state index contributed by atoms with van der Waals surface area (Å²) in [5.41, 5.74) is 1.29. The zero-order valence-corrected chi connectivity index (χ0v) is 14.4. The number of aromatic nitrogens is 2. The molecule has 0 bridgehead atoms. The highest BCUT2D eigenvalue weighted by Gasteiger charge is 2.27. The number of aryl methyl sites for hydroxylation is 1. The Balaban J connectivity index is 1.45. The lowest BCUT2D eigenvalue weighted by Gasteiger charge is -2.22. The maximum absolute atomic E-state index is 12.4. The van der Waals surface area contributed by atoms with Gasteiger partial charge in [0.05, 0.1) is 12.5 Å². The predicted molar refractivity (Wildman–Crippen MR) is 93.2 cm³/mol. The lowest BCUT2D eigenvalue weighted by atomic mass is 9.98. The largest absolute Gasteiger partial charge is 0.492 e. The molecule has 0 spiro atoms. The smallest absolute Gasteiger partial charge is 0.230 e. The average molecular weight is 327 g/mol. The number of rotatable bonds is 6. The maximum Gasteiger partial charge on any atom is 0.230 e. The van der Waals surface area contributed by atoms with Crippen molar-refractivity contribution in [3.05, 3.63) is 48.0 Å². The van der Waals surface area contributed by atoms with Gasteiger partial charge in [-0.1, -0.05) is 26.0 Å². The quantitative estimate of drug-likeness (QED) is 0.830. The first-order valence-electron chi connectivity index (χ1n) is 8.66. The van der Waals surface area contributed by atoms with Crippen LogP contribution in [0, 0.1) is 0 Å². The predicted octanol–water partition coefficient (Wildman–Crippen LogP) is 3.08. The Kier molecular flexibility index (Phi) is 5.18. The van der Waals surface area contributed by atoms with Crippen molar-refractivity contribution < 1.29 is 9.53 Å². The number of hydrogen-bond acceptors (Lipinski definition) is 3. The van der Waals surface area contributed by atoms with Crippen LogP contribution in [0.4, 0.5) is 0 Å². The van der Waals surface area contributed by atoms with Gasteiger partial charge in [-0.25, -0.2) is 4.98 Å². The van der Waals surface area contributed by atoms with Crippen LogP contribution < -0.4 is 10.1 Å². The molecule has 0 fully saturated rings. The summed E-state index contributed by atoms with van der Waals surface area (Å²) in [6, 6.07) is 8.13. The van der Waals surface area contributed by atoms with Crippen molar-refractivity contribution in [2.24, 2.45) is 0 Å². The molecule has 1 aromatic carbocycles. The Morgan fingerprint density at radius 1 is 1.38 bits per heavy atom. The summed E-state index contributed by atoms with van der Waals surface area (Å²) in [5, 5.41) is 2.97. The third kappa shape index (κ3) is 3.78. The summed E-state index contributed by atoms with van der Waals surface area (Å²) in [7, 11) is 0. The SMILES string of the molecule is CC(C)c1ccc(OCCNC(=O)C2CCCn3ccnc32)cc1. The van der Waals surface area contributed by atoms with Gasteiger partial charge in [0.2, 0.25) is 5.91 Å². The van der Waals surface area contributed by atoms with Gasteiger partial charge in [0.25, 0.3) is 0 Å². The van der Waals surface area contributed by atoms with Crippen LogP contribution in [0.1, 0.15) is 49.9 Å². The molecule has 128 valence electrons. The van der Waals surface area contributed by atoms with E-state index in [1.807, 2.05) is 18.3 Å². The van der Waals surface area contributed by atoms with E-state index in [1.165, 1.54) is 5.56 Å². The topological polar surface area (TPSA) is 56.1 Å². The number of carbonyl (C=O) groups is 1. The minimum Gasteiger partial charge on any atom is -0.492 e. The van der Waals surface area contributed by atoms with E-state index in [0.717, 1.165) is 31.0 Å². The van der Waals surface area contributed by atoms with Gasteiger partial charge in [0.1, 0.15) is 18.2 Å². The molecule has 0 radical (unpaired) electrons. The molecule has 0 saturated heterocycles. The lowest BCUT2D eigenvalue weighted by Crippen LogP contribution is -2.35. The van der Waals surface area contributed by atoms with Crippen LogP contribution in [0.15, 0.2) is 36.7 Å². The van der Waals surface area contributed by atoms with Crippen molar-refractivity contribution in [2.75, 3.05) is 13.2 Å². The van der Waals surface area contributed by atoms with Crippen LogP contribution in [0.5, 0.6) is 5.75 Å². The molecule has 1 atom stereocenters. The number of hydrogen-bond donors (Lipinski definition) is 1. The molecule has 1 unspecified atom stereocenters. The van der Waals surface area contributed by atoms with E-state index >= 15 is 0 Å². The fourth-order valence-corrected chi connectivity index (χ4v) is 3.08. The minimum atomic E-state index is -0.140. The van der Waals surface area contributed by atoms with E-state index in [-0.39, 0.29) is 11.8 Å². The second kappa shape index (κ2) is 7.51. The fraction of sp³-hybridized carbons (Fsp3) is 0.474. The number of carbonyl (C=O) groups excluding carboxylic acids is 1. The molecule has 1 aliphatic rings. The molecule has 1 N–H and O–H groups in total. The van der Waals surface area contributed by atoms with Crippen molar-refractivity contribution in [1.29, 1.82) is 0 Å². The summed E-state index contributed by atoms with van der Waals surface area (Å²) in [5.74, 6) is 2.13. The monoisotopic (exact) mass is 327 g/mol. The molecule has 2 heterocycles. The number of amides is 1. The highest BCUT2D eigenvalue weighted by Crippen LogP contribution is 2.25. The van der Waals surface area contributed by atoms with Crippen LogP contribution in [0.3, 0.4) is 0 Å². The first kappa shape index (κ1) is 16.6. The van der Waals surface area contributed by atoms with E-state index in [0.29, 0.717) is 19.1 Å². The fourth-order valence-electron chi connectivity index (χ4n) is 3.08. The van der Waals surface area contributed by atoms with Crippen LogP contribution in [-0.4, -0.2) is 28.6 Å². The summed E-state index contributed by atoms with van der Waals surface area (Å²) in [6.07, 6.45) is 5.59. The molecule has 1 amide bonds. The third-order valence-corrected chi connectivity index (χ3v) is 4.48. The van der Waals surface area contributed by atoms with Crippen LogP contribution in [0.25, 0.3) is 0 Å². The molecule has 2 aromatic rings. The second-order valence-electron chi connectivity index (χ2n) is 6.54. The molecule has 1 aliphatic heterocycles. The van der Waals surface area contributed by atoms with Crippen molar-refractivity contribution in [3.8, 4) is 5.75 Å². The molecule has 1 aromatic heterocycles. The van der Waals surface area contributed by atoms with Crippen LogP contribution >= 0.6 is 0 Å². The van der Waals surface area contributed by atoms with E-state index in [4.69, 9.17) is 4.74 Å². The summed E-state index contributed by atoms with van der Waals surface area (Å²) >= 11 is 0. The minimum absolute atomic E-state index is 0.0425. The molecule has 24 heavy (non-hydrogen) atoms. The molecule has 5 heteroatoms. The van der Waals surface area contributed by atoms with E-state index < -0.39 is 0 Å². The highest BCUT2D eigenvalue weighted by atomic mass is 16.5. The molecular weight excluding hydrogens is 302 g/mol. The number of nitrogens with one attached hydrogen (secondary N) is 1. The molecular formula is C19H25N3O2. The van der Waals surface area contributed by atoms with Gasteiger partial charge < -0.3 is 14.6 Å². The van der Waals surface area contributed by atoms with Crippen LogP contribution in [-0.2, 0) is 11.3 Å². The highest BCUT2D eigenvalue weighted by molar-refractivity contribution is 5.82. The van der Waals surface area contributed by atoms with Crippen molar-refractivity contribution in [3.63, 3.8) is 0 Å². The second-order valence-corrected chi connectivity index (χ2v) is 6.54. The van der Waals surface area contributed by atoms with Crippen molar-refractivity contribution in [1.82, 2.24) is 14.9 Å². The van der Waals surface area contributed by atoms with Gasteiger partial charge in [-0.3, -0.25) is 4.79 Å². The van der Waals surface area contributed by atoms with Crippen LogP contribution in [0.2, 0.25) is 0 Å². The zero-order valence-electron chi connectivity index (χ0n) is 14.4. The average Bonchev–Trinajstić information content (AvgIpc) is 3.07. The third-order valence-electron chi connectivity index (χ3n) is 4.48. The van der Waals surface area contributed by atoms with Crippen molar-refractivity contribution in [2.45, 2.75) is 45.1 Å². The van der Waals surface area contributed by atoms with Gasteiger partial charge in [0.15, 0.2) is 0 Å². The number of ether oxygens (including phenoxy) is 1. The Hall–Kier alpha value is -2.30. The molecule has 3 rings (SSSR count). The number of fused-ring (bicyclic) bond motifs is 1. The number of nitrogens with zero attached hydrogens (tertiary/aromatic N) is 2. The van der Waals surface area contributed by atoms with Gasteiger partial charge in [0, 0.05) is 18.9 Å².